The predicted molar refractivity (Wildman–Crippen MR) is 93.6 cm³/mol. The number of hydrogen-bond acceptors (Lipinski definition) is 4. The fraction of sp³-hybridized carbons (Fsp3) is 0.333. The number of nitrogens with zero attached hydrogens (tertiary/aromatic N) is 2. The Morgan fingerprint density at radius 1 is 1.30 bits per heavy atom. The minimum absolute atomic E-state index is 0.0149. The van der Waals surface area contributed by atoms with Gasteiger partial charge in [-0.05, 0) is 49.7 Å². The lowest BCUT2D eigenvalue weighted by molar-refractivity contribution is 0.0730. The Hall–Kier alpha value is -1.44. The number of piperidine rings is 1. The molecule has 0 saturated carbocycles. The molecule has 1 aliphatic heterocycles. The van der Waals surface area contributed by atoms with E-state index in [4.69, 9.17) is 29.6 Å². The van der Waals surface area contributed by atoms with E-state index < -0.39 is 5.82 Å². The van der Waals surface area contributed by atoms with Crippen molar-refractivity contribution in [2.45, 2.75) is 19.3 Å². The molecule has 1 aliphatic rings. The van der Waals surface area contributed by atoms with E-state index in [1.165, 1.54) is 29.5 Å². The molecule has 1 saturated heterocycles. The topological polar surface area (TPSA) is 51.3 Å². The highest BCUT2D eigenvalue weighted by Gasteiger charge is 2.24. The lowest BCUT2D eigenvalue weighted by atomic mass is 10.1. The van der Waals surface area contributed by atoms with E-state index in [0.29, 0.717) is 14.5 Å². The van der Waals surface area contributed by atoms with Gasteiger partial charge in [-0.15, -0.1) is 0 Å². The van der Waals surface area contributed by atoms with Gasteiger partial charge in [0.15, 0.2) is 3.95 Å². The zero-order valence-corrected chi connectivity index (χ0v) is 14.6. The van der Waals surface area contributed by atoms with Crippen LogP contribution in [0.5, 0.6) is 0 Å². The van der Waals surface area contributed by atoms with E-state index in [1.54, 1.807) is 4.57 Å². The smallest absolute Gasteiger partial charge is 0.267 e. The minimum atomic E-state index is -0.514. The third-order valence-corrected chi connectivity index (χ3v) is 5.51. The molecule has 1 amide bonds. The van der Waals surface area contributed by atoms with Crippen molar-refractivity contribution in [3.8, 4) is 5.69 Å². The van der Waals surface area contributed by atoms with Gasteiger partial charge < -0.3 is 10.6 Å². The number of likely N-dealkylation sites (tertiary alicyclic amines) is 1. The van der Waals surface area contributed by atoms with Crippen molar-refractivity contribution in [3.05, 3.63) is 37.9 Å². The molecule has 0 unspecified atom stereocenters. The molecule has 0 spiro atoms. The van der Waals surface area contributed by atoms with E-state index in [0.717, 1.165) is 32.4 Å². The summed E-state index contributed by atoms with van der Waals surface area (Å²) in [5.41, 5.74) is 6.70. The number of thiazole rings is 1. The van der Waals surface area contributed by atoms with Crippen LogP contribution in [-0.4, -0.2) is 28.5 Å². The number of nitrogens with two attached hydrogens (primary N) is 1. The maximum Gasteiger partial charge on any atom is 0.267 e. The van der Waals surface area contributed by atoms with Gasteiger partial charge in [0.1, 0.15) is 16.5 Å². The van der Waals surface area contributed by atoms with Crippen molar-refractivity contribution in [3.63, 3.8) is 0 Å². The first-order valence-corrected chi connectivity index (χ1v) is 8.85. The fourth-order valence-electron chi connectivity index (χ4n) is 2.65. The quantitative estimate of drug-likeness (QED) is 0.802. The molecular formula is C15H15ClFN3OS2. The minimum Gasteiger partial charge on any atom is -0.383 e. The summed E-state index contributed by atoms with van der Waals surface area (Å²) in [6.45, 7) is 1.48. The Bertz CT molecular complexity index is 812. The number of carbonyl (C=O) groups excluding carboxylic acids is 1. The van der Waals surface area contributed by atoms with Crippen molar-refractivity contribution < 1.29 is 9.18 Å². The molecule has 1 fully saturated rings. The Morgan fingerprint density at radius 2 is 2.00 bits per heavy atom. The molecule has 2 N–H and O–H groups in total. The molecule has 0 radical (unpaired) electrons. The average Bonchev–Trinajstić information content (AvgIpc) is 2.85. The first-order valence-electron chi connectivity index (χ1n) is 7.25. The third kappa shape index (κ3) is 3.13. The van der Waals surface area contributed by atoms with Crippen LogP contribution in [0.4, 0.5) is 10.2 Å². The number of carbonyl (C=O) groups is 1. The molecule has 1 aromatic carbocycles. The molecule has 3 rings (SSSR count). The molecule has 2 heterocycles. The second kappa shape index (κ2) is 6.59. The molecule has 8 heteroatoms. The number of nitrogen functional groups attached to an aromatic ring is 1. The van der Waals surface area contributed by atoms with E-state index in [-0.39, 0.29) is 16.7 Å². The Labute approximate surface area is 147 Å². The van der Waals surface area contributed by atoms with Crippen molar-refractivity contribution in [1.82, 2.24) is 9.47 Å². The van der Waals surface area contributed by atoms with Gasteiger partial charge in [-0.3, -0.25) is 9.36 Å². The van der Waals surface area contributed by atoms with E-state index >= 15 is 0 Å². The first kappa shape index (κ1) is 16.4. The monoisotopic (exact) mass is 371 g/mol. The second-order valence-corrected chi connectivity index (χ2v) is 7.42. The fourth-order valence-corrected chi connectivity index (χ4v) is 4.16. The van der Waals surface area contributed by atoms with Gasteiger partial charge in [0, 0.05) is 13.1 Å². The van der Waals surface area contributed by atoms with Gasteiger partial charge in [-0.25, -0.2) is 4.39 Å². The number of halogens is 2. The van der Waals surface area contributed by atoms with Gasteiger partial charge in [0.2, 0.25) is 0 Å². The summed E-state index contributed by atoms with van der Waals surface area (Å²) in [5, 5.41) is -0.0149. The van der Waals surface area contributed by atoms with Crippen LogP contribution in [0.25, 0.3) is 5.69 Å². The molecule has 1 aromatic heterocycles. The van der Waals surface area contributed by atoms with E-state index in [2.05, 4.69) is 0 Å². The number of anilines is 1. The molecule has 2 aromatic rings. The van der Waals surface area contributed by atoms with Crippen molar-refractivity contribution >= 4 is 46.9 Å². The van der Waals surface area contributed by atoms with Crippen LogP contribution >= 0.6 is 35.2 Å². The highest BCUT2D eigenvalue weighted by atomic mass is 35.5. The van der Waals surface area contributed by atoms with Crippen LogP contribution in [0.15, 0.2) is 18.2 Å². The van der Waals surface area contributed by atoms with Crippen molar-refractivity contribution in [1.29, 1.82) is 0 Å². The van der Waals surface area contributed by atoms with Crippen LogP contribution in [-0.2, 0) is 0 Å². The molecule has 23 heavy (non-hydrogen) atoms. The normalized spacial score (nSPS) is 15.0. The Balaban J connectivity index is 2.00. The van der Waals surface area contributed by atoms with Crippen LogP contribution in [0.2, 0.25) is 5.02 Å². The number of rotatable bonds is 2. The van der Waals surface area contributed by atoms with E-state index in [1.807, 2.05) is 4.90 Å². The largest absolute Gasteiger partial charge is 0.383 e. The standard InChI is InChI=1S/C15H15ClFN3OS2/c16-10-8-9(4-5-11(10)17)20-13(18)12(23-15(20)22)14(21)19-6-2-1-3-7-19/h4-5,8H,1-3,6-7,18H2. The molecule has 0 aliphatic carbocycles. The lowest BCUT2D eigenvalue weighted by Crippen LogP contribution is -2.35. The van der Waals surface area contributed by atoms with Gasteiger partial charge in [-0.2, -0.15) is 0 Å². The first-order chi connectivity index (χ1) is 11.0. The number of amides is 1. The highest BCUT2D eigenvalue weighted by Crippen LogP contribution is 2.29. The maximum absolute atomic E-state index is 13.3. The highest BCUT2D eigenvalue weighted by molar-refractivity contribution is 7.73. The predicted octanol–water partition coefficient (Wildman–Crippen LogP) is 4.27. The zero-order valence-electron chi connectivity index (χ0n) is 12.2. The second-order valence-electron chi connectivity index (χ2n) is 5.37. The molecule has 122 valence electrons. The molecule has 0 atom stereocenters. The van der Waals surface area contributed by atoms with Crippen LogP contribution < -0.4 is 5.73 Å². The van der Waals surface area contributed by atoms with Crippen molar-refractivity contribution in [2.24, 2.45) is 0 Å². The van der Waals surface area contributed by atoms with Gasteiger partial charge in [0.05, 0.1) is 10.7 Å². The van der Waals surface area contributed by atoms with E-state index in [9.17, 15) is 9.18 Å². The number of benzene rings is 1. The number of hydrogen-bond donors (Lipinski definition) is 1. The zero-order chi connectivity index (χ0) is 16.6. The summed E-state index contributed by atoms with van der Waals surface area (Å²) in [6, 6.07) is 4.24. The van der Waals surface area contributed by atoms with Gasteiger partial charge in [0.25, 0.3) is 5.91 Å². The summed E-state index contributed by atoms with van der Waals surface area (Å²) in [7, 11) is 0. The van der Waals surface area contributed by atoms with Crippen LogP contribution in [0.1, 0.15) is 28.9 Å². The molecule has 0 bridgehead atoms. The lowest BCUT2D eigenvalue weighted by Gasteiger charge is -2.26. The maximum atomic E-state index is 13.3. The third-order valence-electron chi connectivity index (χ3n) is 3.84. The SMILES string of the molecule is Nc1c(C(=O)N2CCCCC2)sc(=S)n1-c1ccc(F)c(Cl)c1. The summed E-state index contributed by atoms with van der Waals surface area (Å²) in [6.07, 6.45) is 3.15. The average molecular weight is 372 g/mol. The summed E-state index contributed by atoms with van der Waals surface area (Å²) in [4.78, 5) is 14.9. The summed E-state index contributed by atoms with van der Waals surface area (Å²) < 4.78 is 15.3. The number of aromatic nitrogens is 1. The molecule has 4 nitrogen and oxygen atoms in total. The Morgan fingerprint density at radius 3 is 2.65 bits per heavy atom. The van der Waals surface area contributed by atoms with Gasteiger partial charge in [-0.1, -0.05) is 22.9 Å². The molecular weight excluding hydrogens is 357 g/mol. The summed E-state index contributed by atoms with van der Waals surface area (Å²) >= 11 is 12.3. The van der Waals surface area contributed by atoms with Crippen LogP contribution in [0.3, 0.4) is 0 Å². The van der Waals surface area contributed by atoms with Crippen LogP contribution in [0, 0.1) is 9.77 Å². The van der Waals surface area contributed by atoms with Gasteiger partial charge >= 0.3 is 0 Å². The van der Waals surface area contributed by atoms with Crippen molar-refractivity contribution in [2.75, 3.05) is 18.8 Å². The summed E-state index contributed by atoms with van der Waals surface area (Å²) in [5.74, 6) is -0.330. The Kier molecular flexibility index (Phi) is 4.70.